The number of carbonyl (C=O) groups is 3. The van der Waals surface area contributed by atoms with Crippen LogP contribution in [-0.4, -0.2) is 42.8 Å². The third-order valence-corrected chi connectivity index (χ3v) is 3.78. The SMILES string of the molecule is CN(CC(=O)Nc1ccc(F)cc1)C(=O)CNC(=O)c1ccccc1Cl. The number of likely N-dealkylation sites (N-methyl/N-ethyl adjacent to an activating group) is 1. The minimum Gasteiger partial charge on any atom is -0.343 e. The van der Waals surface area contributed by atoms with Crippen LogP contribution in [0, 0.1) is 5.82 Å². The number of rotatable bonds is 6. The van der Waals surface area contributed by atoms with Crippen LogP contribution in [0.15, 0.2) is 48.5 Å². The van der Waals surface area contributed by atoms with Crippen LogP contribution < -0.4 is 10.6 Å². The normalized spacial score (nSPS) is 10.1. The van der Waals surface area contributed by atoms with Gasteiger partial charge in [0.1, 0.15) is 5.82 Å². The topological polar surface area (TPSA) is 78.5 Å². The summed E-state index contributed by atoms with van der Waals surface area (Å²) < 4.78 is 12.8. The minimum absolute atomic E-state index is 0.210. The second-order valence-corrected chi connectivity index (χ2v) is 5.87. The first-order valence-electron chi connectivity index (χ1n) is 7.69. The van der Waals surface area contributed by atoms with Crippen molar-refractivity contribution in [3.8, 4) is 0 Å². The summed E-state index contributed by atoms with van der Waals surface area (Å²) in [6, 6.07) is 11.7. The van der Waals surface area contributed by atoms with E-state index < -0.39 is 23.5 Å². The van der Waals surface area contributed by atoms with E-state index in [4.69, 9.17) is 11.6 Å². The highest BCUT2D eigenvalue weighted by atomic mass is 35.5. The molecule has 0 saturated heterocycles. The number of carbonyl (C=O) groups excluding carboxylic acids is 3. The third kappa shape index (κ3) is 5.56. The fourth-order valence-electron chi connectivity index (χ4n) is 2.07. The molecule has 0 heterocycles. The second kappa shape index (κ2) is 8.96. The van der Waals surface area contributed by atoms with Crippen LogP contribution >= 0.6 is 11.6 Å². The van der Waals surface area contributed by atoms with Gasteiger partial charge in [0.15, 0.2) is 0 Å². The molecule has 0 unspecified atom stereocenters. The standard InChI is InChI=1S/C18H17ClFN3O3/c1-23(11-16(24)22-13-8-6-12(20)7-9-13)17(25)10-21-18(26)14-4-2-3-5-15(14)19/h2-9H,10-11H2,1H3,(H,21,26)(H,22,24). The molecule has 0 saturated carbocycles. The van der Waals surface area contributed by atoms with Gasteiger partial charge >= 0.3 is 0 Å². The van der Waals surface area contributed by atoms with E-state index in [1.807, 2.05) is 0 Å². The van der Waals surface area contributed by atoms with Crippen molar-refractivity contribution in [2.24, 2.45) is 0 Å². The maximum atomic E-state index is 12.8. The van der Waals surface area contributed by atoms with Crippen molar-refractivity contribution >= 4 is 35.0 Å². The van der Waals surface area contributed by atoms with Crippen molar-refractivity contribution in [2.75, 3.05) is 25.5 Å². The molecule has 2 aromatic carbocycles. The van der Waals surface area contributed by atoms with E-state index in [2.05, 4.69) is 10.6 Å². The predicted molar refractivity (Wildman–Crippen MR) is 96.5 cm³/mol. The van der Waals surface area contributed by atoms with Gasteiger partial charge < -0.3 is 15.5 Å². The molecule has 0 aliphatic heterocycles. The molecule has 136 valence electrons. The highest BCUT2D eigenvalue weighted by Gasteiger charge is 2.15. The van der Waals surface area contributed by atoms with E-state index >= 15 is 0 Å². The summed E-state index contributed by atoms with van der Waals surface area (Å²) in [6.45, 7) is -0.484. The summed E-state index contributed by atoms with van der Waals surface area (Å²) >= 11 is 5.92. The number of halogens is 2. The van der Waals surface area contributed by atoms with Gasteiger partial charge in [-0.3, -0.25) is 14.4 Å². The van der Waals surface area contributed by atoms with Gasteiger partial charge in [-0.25, -0.2) is 4.39 Å². The van der Waals surface area contributed by atoms with Crippen LogP contribution in [-0.2, 0) is 9.59 Å². The van der Waals surface area contributed by atoms with Crippen molar-refractivity contribution < 1.29 is 18.8 Å². The summed E-state index contributed by atoms with van der Waals surface area (Å²) in [6.07, 6.45) is 0. The predicted octanol–water partition coefficient (Wildman–Crippen LogP) is 2.31. The first kappa shape index (κ1) is 19.4. The van der Waals surface area contributed by atoms with Crippen LogP contribution in [0.1, 0.15) is 10.4 Å². The molecule has 2 aromatic rings. The molecule has 3 amide bonds. The third-order valence-electron chi connectivity index (χ3n) is 3.45. The van der Waals surface area contributed by atoms with Crippen LogP contribution in [0.3, 0.4) is 0 Å². The van der Waals surface area contributed by atoms with Gasteiger partial charge in [0, 0.05) is 12.7 Å². The minimum atomic E-state index is -0.479. The molecular weight excluding hydrogens is 361 g/mol. The highest BCUT2D eigenvalue weighted by Crippen LogP contribution is 2.14. The number of nitrogens with zero attached hydrogens (tertiary/aromatic N) is 1. The van der Waals surface area contributed by atoms with Gasteiger partial charge in [0.25, 0.3) is 5.91 Å². The van der Waals surface area contributed by atoms with Crippen LogP contribution in [0.5, 0.6) is 0 Å². The Kier molecular flexibility index (Phi) is 6.68. The van der Waals surface area contributed by atoms with Crippen molar-refractivity contribution in [3.63, 3.8) is 0 Å². The molecule has 0 aromatic heterocycles. The maximum Gasteiger partial charge on any atom is 0.253 e. The molecular formula is C18H17ClFN3O3. The van der Waals surface area contributed by atoms with E-state index in [9.17, 15) is 18.8 Å². The van der Waals surface area contributed by atoms with Crippen LogP contribution in [0.4, 0.5) is 10.1 Å². The number of amides is 3. The van der Waals surface area contributed by atoms with Crippen molar-refractivity contribution in [1.29, 1.82) is 0 Å². The number of hydrogen-bond donors (Lipinski definition) is 2. The monoisotopic (exact) mass is 377 g/mol. The lowest BCUT2D eigenvalue weighted by atomic mass is 10.2. The summed E-state index contributed by atoms with van der Waals surface area (Å²) in [5.41, 5.74) is 0.683. The quantitative estimate of drug-likeness (QED) is 0.810. The molecule has 8 heteroatoms. The maximum absolute atomic E-state index is 12.8. The molecule has 0 atom stereocenters. The molecule has 0 bridgehead atoms. The zero-order valence-corrected chi connectivity index (χ0v) is 14.7. The van der Waals surface area contributed by atoms with Gasteiger partial charge in [0.05, 0.1) is 23.7 Å². The largest absolute Gasteiger partial charge is 0.343 e. The molecule has 0 spiro atoms. The number of nitrogens with one attached hydrogen (secondary N) is 2. The highest BCUT2D eigenvalue weighted by molar-refractivity contribution is 6.33. The fourth-order valence-corrected chi connectivity index (χ4v) is 2.29. The zero-order valence-electron chi connectivity index (χ0n) is 14.0. The van der Waals surface area contributed by atoms with Gasteiger partial charge in [-0.05, 0) is 36.4 Å². The number of hydrogen-bond acceptors (Lipinski definition) is 3. The van der Waals surface area contributed by atoms with Crippen LogP contribution in [0.25, 0.3) is 0 Å². The fraction of sp³-hybridized carbons (Fsp3) is 0.167. The molecule has 6 nitrogen and oxygen atoms in total. The Hall–Kier alpha value is -2.93. The second-order valence-electron chi connectivity index (χ2n) is 5.47. The number of benzene rings is 2. The van der Waals surface area contributed by atoms with E-state index in [1.54, 1.807) is 24.3 Å². The lowest BCUT2D eigenvalue weighted by Gasteiger charge is -2.17. The Morgan fingerprint density at radius 1 is 1.08 bits per heavy atom. The van der Waals surface area contributed by atoms with E-state index in [0.717, 1.165) is 0 Å². The van der Waals surface area contributed by atoms with E-state index in [1.165, 1.54) is 36.2 Å². The Bertz CT molecular complexity index is 812. The zero-order chi connectivity index (χ0) is 19.1. The molecule has 2 rings (SSSR count). The van der Waals surface area contributed by atoms with Crippen molar-refractivity contribution in [1.82, 2.24) is 10.2 Å². The smallest absolute Gasteiger partial charge is 0.253 e. The van der Waals surface area contributed by atoms with Gasteiger partial charge in [-0.1, -0.05) is 23.7 Å². The van der Waals surface area contributed by atoms with Crippen LogP contribution in [0.2, 0.25) is 5.02 Å². The van der Waals surface area contributed by atoms with E-state index in [0.29, 0.717) is 5.69 Å². The summed E-state index contributed by atoms with van der Waals surface area (Å²) in [5.74, 6) is -1.78. The average molecular weight is 378 g/mol. The lowest BCUT2D eigenvalue weighted by Crippen LogP contribution is -2.41. The van der Waals surface area contributed by atoms with Gasteiger partial charge in [0.2, 0.25) is 11.8 Å². The molecule has 0 radical (unpaired) electrons. The first-order valence-corrected chi connectivity index (χ1v) is 8.06. The molecule has 0 aliphatic rings. The van der Waals surface area contributed by atoms with Crippen molar-refractivity contribution in [3.05, 3.63) is 64.9 Å². The Morgan fingerprint density at radius 3 is 2.38 bits per heavy atom. The summed E-state index contributed by atoms with van der Waals surface area (Å²) in [5, 5.41) is 5.29. The van der Waals surface area contributed by atoms with Gasteiger partial charge in [-0.15, -0.1) is 0 Å². The lowest BCUT2D eigenvalue weighted by molar-refractivity contribution is -0.132. The van der Waals surface area contributed by atoms with E-state index in [-0.39, 0.29) is 23.7 Å². The molecule has 26 heavy (non-hydrogen) atoms. The summed E-state index contributed by atoms with van der Waals surface area (Å²) in [7, 11) is 1.44. The number of anilines is 1. The first-order chi connectivity index (χ1) is 12.4. The average Bonchev–Trinajstić information content (AvgIpc) is 2.61. The van der Waals surface area contributed by atoms with Gasteiger partial charge in [-0.2, -0.15) is 0 Å². The molecule has 0 aliphatic carbocycles. The summed E-state index contributed by atoms with van der Waals surface area (Å²) in [4.78, 5) is 37.1. The Labute approximate surface area is 154 Å². The van der Waals surface area contributed by atoms with Crippen molar-refractivity contribution in [2.45, 2.75) is 0 Å². The Balaban J connectivity index is 1.81. The molecule has 0 fully saturated rings. The molecule has 2 N–H and O–H groups in total. The Morgan fingerprint density at radius 2 is 1.73 bits per heavy atom.